The SMILES string of the molecule is CCN(C)C=Nc1cc(C)c(Nc2ccc(F)cc2F)cc1Cl. The third kappa shape index (κ3) is 4.42. The van der Waals surface area contributed by atoms with Gasteiger partial charge in [0.25, 0.3) is 0 Å². The zero-order valence-electron chi connectivity index (χ0n) is 13.2. The number of rotatable bonds is 5. The maximum absolute atomic E-state index is 13.7. The van der Waals surface area contributed by atoms with Crippen LogP contribution in [0.3, 0.4) is 0 Å². The molecule has 3 nitrogen and oxygen atoms in total. The Morgan fingerprint density at radius 1 is 1.22 bits per heavy atom. The Morgan fingerprint density at radius 3 is 2.61 bits per heavy atom. The molecule has 0 saturated carbocycles. The van der Waals surface area contributed by atoms with Crippen molar-refractivity contribution >= 4 is 35.0 Å². The van der Waals surface area contributed by atoms with Crippen molar-refractivity contribution in [1.29, 1.82) is 0 Å². The van der Waals surface area contributed by atoms with E-state index in [0.717, 1.165) is 18.2 Å². The van der Waals surface area contributed by atoms with Crippen molar-refractivity contribution in [1.82, 2.24) is 4.90 Å². The summed E-state index contributed by atoms with van der Waals surface area (Å²) >= 11 is 6.23. The van der Waals surface area contributed by atoms with Crippen LogP contribution in [0.25, 0.3) is 0 Å². The lowest BCUT2D eigenvalue weighted by atomic mass is 10.1. The van der Waals surface area contributed by atoms with Crippen molar-refractivity contribution in [2.45, 2.75) is 13.8 Å². The number of nitrogens with one attached hydrogen (secondary N) is 1. The molecule has 0 fully saturated rings. The summed E-state index contributed by atoms with van der Waals surface area (Å²) in [5.74, 6) is -1.28. The zero-order valence-corrected chi connectivity index (χ0v) is 14.0. The van der Waals surface area contributed by atoms with E-state index >= 15 is 0 Å². The molecule has 0 unspecified atom stereocenters. The van der Waals surface area contributed by atoms with Gasteiger partial charge in [-0.15, -0.1) is 0 Å². The molecule has 2 aromatic carbocycles. The Labute approximate surface area is 139 Å². The van der Waals surface area contributed by atoms with Gasteiger partial charge in [-0.25, -0.2) is 13.8 Å². The monoisotopic (exact) mass is 337 g/mol. The van der Waals surface area contributed by atoms with Gasteiger partial charge in [0, 0.05) is 25.3 Å². The minimum Gasteiger partial charge on any atom is -0.366 e. The number of halogens is 3. The average molecular weight is 338 g/mol. The molecule has 23 heavy (non-hydrogen) atoms. The molecule has 0 heterocycles. The van der Waals surface area contributed by atoms with Crippen LogP contribution in [0.15, 0.2) is 35.3 Å². The Hall–Kier alpha value is -2.14. The summed E-state index contributed by atoms with van der Waals surface area (Å²) in [7, 11) is 1.91. The molecule has 122 valence electrons. The topological polar surface area (TPSA) is 27.6 Å². The maximum atomic E-state index is 13.7. The lowest BCUT2D eigenvalue weighted by molar-refractivity contribution is 0.552. The zero-order chi connectivity index (χ0) is 17.0. The lowest BCUT2D eigenvalue weighted by Crippen LogP contribution is -2.14. The van der Waals surface area contributed by atoms with Gasteiger partial charge in [-0.3, -0.25) is 0 Å². The summed E-state index contributed by atoms with van der Waals surface area (Å²) in [6.45, 7) is 4.72. The van der Waals surface area contributed by atoms with Gasteiger partial charge in [0.05, 0.1) is 22.7 Å². The van der Waals surface area contributed by atoms with Gasteiger partial charge in [-0.1, -0.05) is 11.6 Å². The van der Waals surface area contributed by atoms with E-state index in [-0.39, 0.29) is 5.69 Å². The highest BCUT2D eigenvalue weighted by Crippen LogP contribution is 2.33. The fourth-order valence-electron chi connectivity index (χ4n) is 1.88. The van der Waals surface area contributed by atoms with Crippen molar-refractivity contribution < 1.29 is 8.78 Å². The largest absolute Gasteiger partial charge is 0.366 e. The van der Waals surface area contributed by atoms with E-state index in [1.807, 2.05) is 31.9 Å². The molecule has 0 bridgehead atoms. The molecule has 0 spiro atoms. The highest BCUT2D eigenvalue weighted by atomic mass is 35.5. The molecular weight excluding hydrogens is 320 g/mol. The van der Waals surface area contributed by atoms with Gasteiger partial charge in [0.15, 0.2) is 0 Å². The van der Waals surface area contributed by atoms with Gasteiger partial charge >= 0.3 is 0 Å². The van der Waals surface area contributed by atoms with E-state index in [4.69, 9.17) is 11.6 Å². The third-order valence-corrected chi connectivity index (χ3v) is 3.69. The first kappa shape index (κ1) is 17.2. The molecule has 0 aliphatic heterocycles. The Balaban J connectivity index is 2.27. The second-order valence-corrected chi connectivity index (χ2v) is 5.59. The summed E-state index contributed by atoms with van der Waals surface area (Å²) in [6.07, 6.45) is 1.70. The summed E-state index contributed by atoms with van der Waals surface area (Å²) in [5.41, 5.74) is 2.31. The Kier molecular flexibility index (Phi) is 5.55. The first-order valence-corrected chi connectivity index (χ1v) is 7.55. The smallest absolute Gasteiger partial charge is 0.149 e. The van der Waals surface area contributed by atoms with Gasteiger partial charge < -0.3 is 10.2 Å². The summed E-state index contributed by atoms with van der Waals surface area (Å²) < 4.78 is 26.7. The molecule has 0 saturated heterocycles. The molecule has 2 aromatic rings. The third-order valence-electron chi connectivity index (χ3n) is 3.39. The Bertz CT molecular complexity index is 732. The van der Waals surface area contributed by atoms with Crippen LogP contribution in [-0.4, -0.2) is 24.8 Å². The fourth-order valence-corrected chi connectivity index (χ4v) is 2.09. The highest BCUT2D eigenvalue weighted by molar-refractivity contribution is 6.33. The number of aryl methyl sites for hydroxylation is 1. The van der Waals surface area contributed by atoms with Crippen LogP contribution in [0.5, 0.6) is 0 Å². The van der Waals surface area contributed by atoms with Crippen LogP contribution >= 0.6 is 11.6 Å². The van der Waals surface area contributed by atoms with E-state index in [1.165, 1.54) is 12.1 Å². The van der Waals surface area contributed by atoms with Crippen molar-refractivity contribution in [2.75, 3.05) is 18.9 Å². The number of benzene rings is 2. The van der Waals surface area contributed by atoms with E-state index < -0.39 is 11.6 Å². The highest BCUT2D eigenvalue weighted by Gasteiger charge is 2.09. The van der Waals surface area contributed by atoms with Crippen molar-refractivity contribution in [3.05, 3.63) is 52.6 Å². The van der Waals surface area contributed by atoms with Crippen LogP contribution in [0.1, 0.15) is 12.5 Å². The summed E-state index contributed by atoms with van der Waals surface area (Å²) in [5, 5.41) is 3.37. The minimum atomic E-state index is -0.660. The number of nitrogens with zero attached hydrogens (tertiary/aromatic N) is 2. The predicted molar refractivity (Wildman–Crippen MR) is 92.3 cm³/mol. The second-order valence-electron chi connectivity index (χ2n) is 5.19. The van der Waals surface area contributed by atoms with Crippen molar-refractivity contribution in [3.8, 4) is 0 Å². The predicted octanol–water partition coefficient (Wildman–Crippen LogP) is 5.28. The van der Waals surface area contributed by atoms with Crippen LogP contribution in [0.2, 0.25) is 5.02 Å². The quantitative estimate of drug-likeness (QED) is 0.593. The number of anilines is 2. The van der Waals surface area contributed by atoms with Crippen molar-refractivity contribution in [3.63, 3.8) is 0 Å². The van der Waals surface area contributed by atoms with E-state index in [9.17, 15) is 8.78 Å². The molecule has 2 rings (SSSR count). The molecule has 0 radical (unpaired) electrons. The molecule has 0 amide bonds. The first-order valence-electron chi connectivity index (χ1n) is 7.17. The van der Waals surface area contributed by atoms with Crippen molar-refractivity contribution in [2.24, 2.45) is 4.99 Å². The van der Waals surface area contributed by atoms with Gasteiger partial charge in [-0.2, -0.15) is 0 Å². The second kappa shape index (κ2) is 7.42. The standard InChI is InChI=1S/C17H18ClF2N3/c1-4-23(3)10-21-17-7-11(2)16(9-13(17)18)22-15-6-5-12(19)8-14(15)20/h5-10,22H,4H2,1-3H3. The maximum Gasteiger partial charge on any atom is 0.149 e. The molecule has 6 heteroatoms. The van der Waals surface area contributed by atoms with Crippen LogP contribution in [-0.2, 0) is 0 Å². The fraction of sp³-hybridized carbons (Fsp3) is 0.235. The summed E-state index contributed by atoms with van der Waals surface area (Å²) in [4.78, 5) is 6.25. The van der Waals surface area contributed by atoms with Crippen LogP contribution in [0.4, 0.5) is 25.8 Å². The average Bonchev–Trinajstić information content (AvgIpc) is 2.51. The minimum absolute atomic E-state index is 0.188. The number of aliphatic imine (C=N–C) groups is 1. The number of hydrogen-bond donors (Lipinski definition) is 1. The van der Waals surface area contributed by atoms with Crippen LogP contribution in [0, 0.1) is 18.6 Å². The molecule has 0 aromatic heterocycles. The normalized spacial score (nSPS) is 11.0. The van der Waals surface area contributed by atoms with Gasteiger partial charge in [0.1, 0.15) is 11.6 Å². The molecular formula is C17H18ClF2N3. The Morgan fingerprint density at radius 2 is 1.96 bits per heavy atom. The number of hydrogen-bond acceptors (Lipinski definition) is 2. The lowest BCUT2D eigenvalue weighted by Gasteiger charge is -2.13. The molecule has 0 aliphatic carbocycles. The summed E-state index contributed by atoms with van der Waals surface area (Å²) in [6, 6.07) is 6.87. The van der Waals surface area contributed by atoms with Crippen LogP contribution < -0.4 is 5.32 Å². The molecule has 1 N–H and O–H groups in total. The van der Waals surface area contributed by atoms with E-state index in [0.29, 0.717) is 16.4 Å². The molecule has 0 atom stereocenters. The van der Waals surface area contributed by atoms with Gasteiger partial charge in [0.2, 0.25) is 0 Å². The van der Waals surface area contributed by atoms with E-state index in [1.54, 1.807) is 12.4 Å². The molecule has 0 aliphatic rings. The van der Waals surface area contributed by atoms with E-state index in [2.05, 4.69) is 10.3 Å². The first-order chi connectivity index (χ1) is 10.9. The van der Waals surface area contributed by atoms with Gasteiger partial charge in [-0.05, 0) is 43.7 Å².